The van der Waals surface area contributed by atoms with Crippen molar-refractivity contribution in [3.63, 3.8) is 0 Å². The van der Waals surface area contributed by atoms with E-state index >= 15 is 0 Å². The van der Waals surface area contributed by atoms with Crippen LogP contribution < -0.4 is 10.6 Å². The first-order valence-electron chi connectivity index (χ1n) is 7.20. The summed E-state index contributed by atoms with van der Waals surface area (Å²) >= 11 is 12.4. The van der Waals surface area contributed by atoms with E-state index in [-0.39, 0.29) is 28.7 Å². The molecule has 1 aliphatic rings. The smallest absolute Gasteiger partial charge is 0.257 e. The van der Waals surface area contributed by atoms with Gasteiger partial charge in [0.2, 0.25) is 5.91 Å². The van der Waals surface area contributed by atoms with E-state index in [4.69, 9.17) is 28.4 Å². The molecule has 0 atom stereocenters. The highest BCUT2D eigenvalue weighted by Crippen LogP contribution is 2.37. The monoisotopic (exact) mass is 368 g/mol. The molecule has 0 fully saturated rings. The first-order chi connectivity index (χ1) is 11.4. The summed E-state index contributed by atoms with van der Waals surface area (Å²) in [6.07, 6.45) is 0.739. The van der Waals surface area contributed by atoms with E-state index in [0.717, 1.165) is 11.3 Å². The first kappa shape index (κ1) is 16.6. The van der Waals surface area contributed by atoms with E-state index in [9.17, 15) is 9.59 Å². The number of carbonyl (C=O) groups is 2. The van der Waals surface area contributed by atoms with Crippen LogP contribution in [0.5, 0.6) is 0 Å². The average Bonchev–Trinajstić information content (AvgIpc) is 2.78. The highest BCUT2D eigenvalue weighted by Gasteiger charge is 2.25. The van der Waals surface area contributed by atoms with Gasteiger partial charge in [0.15, 0.2) is 0 Å². The molecular weight excluding hydrogens is 355 g/mol. The highest BCUT2D eigenvalue weighted by atomic mass is 35.5. The Balaban J connectivity index is 2.25. The quantitative estimate of drug-likeness (QED) is 0.268. The van der Waals surface area contributed by atoms with Gasteiger partial charge < -0.3 is 20.8 Å². The lowest BCUT2D eigenvalue weighted by Gasteiger charge is -2.09. The fraction of sp³-hybridized carbons (Fsp3) is 0.267. The summed E-state index contributed by atoms with van der Waals surface area (Å²) in [4.78, 5) is 27.6. The fourth-order valence-corrected chi connectivity index (χ4v) is 3.23. The van der Waals surface area contributed by atoms with E-state index in [1.165, 1.54) is 13.0 Å². The molecule has 4 N–H and O–H groups in total. The minimum Gasteiger partial charge on any atom is -0.409 e. The van der Waals surface area contributed by atoms with Gasteiger partial charge in [0.25, 0.3) is 5.91 Å². The van der Waals surface area contributed by atoms with Crippen LogP contribution in [0.15, 0.2) is 11.2 Å². The number of amides is 2. The Labute approximate surface area is 147 Å². The van der Waals surface area contributed by atoms with Gasteiger partial charge in [0.05, 0.1) is 27.5 Å². The second-order valence-electron chi connectivity index (χ2n) is 5.47. The molecule has 3 rings (SSSR count). The van der Waals surface area contributed by atoms with Crippen molar-refractivity contribution >= 4 is 51.8 Å². The number of oxime groups is 1. The Hall–Kier alpha value is -2.25. The predicted octanol–water partition coefficient (Wildman–Crippen LogP) is 2.23. The third-order valence-corrected chi connectivity index (χ3v) is 4.67. The number of aromatic nitrogens is 1. The number of nitrogens with zero attached hydrogens (tertiary/aromatic N) is 1. The maximum absolute atomic E-state index is 12.5. The summed E-state index contributed by atoms with van der Waals surface area (Å²) in [6.45, 7) is 1.94. The van der Waals surface area contributed by atoms with Crippen LogP contribution in [-0.4, -0.2) is 34.4 Å². The van der Waals surface area contributed by atoms with Crippen LogP contribution in [0, 0.1) is 0 Å². The summed E-state index contributed by atoms with van der Waals surface area (Å²) in [7, 11) is 0. The Morgan fingerprint density at radius 1 is 1.42 bits per heavy atom. The van der Waals surface area contributed by atoms with Gasteiger partial charge in [-0.05, 0) is 18.6 Å². The topological polar surface area (TPSA) is 107 Å². The molecule has 0 bridgehead atoms. The minimum atomic E-state index is -0.500. The van der Waals surface area contributed by atoms with E-state index in [1.54, 1.807) is 0 Å². The minimum absolute atomic E-state index is 0.0404. The summed E-state index contributed by atoms with van der Waals surface area (Å²) < 4.78 is 0. The van der Waals surface area contributed by atoms with E-state index < -0.39 is 5.91 Å². The molecule has 2 heterocycles. The van der Waals surface area contributed by atoms with Crippen molar-refractivity contribution in [2.75, 3.05) is 6.54 Å². The van der Waals surface area contributed by atoms with Crippen LogP contribution >= 0.6 is 23.2 Å². The Morgan fingerprint density at radius 2 is 2.17 bits per heavy atom. The number of nitrogens with one attached hydrogen (secondary N) is 3. The van der Waals surface area contributed by atoms with Crippen LogP contribution in [0.4, 0.5) is 0 Å². The van der Waals surface area contributed by atoms with Gasteiger partial charge in [-0.3, -0.25) is 9.59 Å². The van der Waals surface area contributed by atoms with Gasteiger partial charge in [0, 0.05) is 24.0 Å². The number of aromatic amines is 1. The molecule has 24 heavy (non-hydrogen) atoms. The van der Waals surface area contributed by atoms with Gasteiger partial charge in [0.1, 0.15) is 5.84 Å². The van der Waals surface area contributed by atoms with Crippen molar-refractivity contribution in [2.45, 2.75) is 19.8 Å². The zero-order valence-electron chi connectivity index (χ0n) is 12.7. The number of H-pyrrole nitrogens is 1. The third kappa shape index (κ3) is 2.81. The van der Waals surface area contributed by atoms with Gasteiger partial charge >= 0.3 is 0 Å². The molecule has 0 unspecified atom stereocenters. The van der Waals surface area contributed by atoms with Crippen LogP contribution in [0.1, 0.15) is 28.5 Å². The van der Waals surface area contributed by atoms with Crippen molar-refractivity contribution in [3.8, 4) is 0 Å². The summed E-state index contributed by atoms with van der Waals surface area (Å²) in [6, 6.07) is 1.45. The van der Waals surface area contributed by atoms with Crippen molar-refractivity contribution in [1.29, 1.82) is 0 Å². The van der Waals surface area contributed by atoms with Crippen molar-refractivity contribution < 1.29 is 14.8 Å². The Morgan fingerprint density at radius 3 is 2.88 bits per heavy atom. The summed E-state index contributed by atoms with van der Waals surface area (Å²) in [5.41, 5.74) is 2.35. The van der Waals surface area contributed by atoms with E-state index in [1.807, 2.05) is 0 Å². The maximum atomic E-state index is 12.5. The molecule has 0 radical (unpaired) electrons. The number of halogens is 2. The van der Waals surface area contributed by atoms with E-state index in [0.29, 0.717) is 28.9 Å². The Kier molecular flexibility index (Phi) is 4.38. The molecule has 0 saturated carbocycles. The van der Waals surface area contributed by atoms with Crippen LogP contribution in [-0.2, 0) is 17.6 Å². The third-order valence-electron chi connectivity index (χ3n) is 3.89. The molecule has 1 aromatic carbocycles. The number of rotatable bonds is 1. The molecule has 1 aromatic heterocycles. The normalized spacial score (nSPS) is 15.0. The zero-order valence-corrected chi connectivity index (χ0v) is 14.2. The number of amidine groups is 1. The van der Waals surface area contributed by atoms with Crippen LogP contribution in [0.25, 0.3) is 10.9 Å². The standard InChI is InChI=1S/C15H14Cl2N4O3/c1-6(21-24)19-15(23)8-4-9(16)13(17)14-12(8)7-5-11(22)18-3-2-10(7)20-14/h4,20,24H,2-3,5H2,1H3,(H,18,22)(H,19,21,23). The van der Waals surface area contributed by atoms with Gasteiger partial charge in [-0.15, -0.1) is 0 Å². The number of fused-ring (bicyclic) bond motifs is 3. The SMILES string of the molecule is CC(=NO)NC(=O)c1cc(Cl)c(Cl)c2[nH]c3c(c12)CC(=O)NCC3. The van der Waals surface area contributed by atoms with Crippen molar-refractivity contribution in [3.05, 3.63) is 32.9 Å². The van der Waals surface area contributed by atoms with Gasteiger partial charge in [-0.2, -0.15) is 0 Å². The summed E-state index contributed by atoms with van der Waals surface area (Å²) in [5, 5.41) is 18.0. The summed E-state index contributed by atoms with van der Waals surface area (Å²) in [5.74, 6) is -0.584. The van der Waals surface area contributed by atoms with Crippen molar-refractivity contribution in [1.82, 2.24) is 15.6 Å². The van der Waals surface area contributed by atoms with Gasteiger partial charge in [-0.25, -0.2) is 0 Å². The first-order valence-corrected chi connectivity index (χ1v) is 7.96. The Bertz CT molecular complexity index is 889. The highest BCUT2D eigenvalue weighted by molar-refractivity contribution is 6.45. The average molecular weight is 369 g/mol. The van der Waals surface area contributed by atoms with Crippen LogP contribution in [0.3, 0.4) is 0 Å². The molecule has 1 aliphatic heterocycles. The maximum Gasteiger partial charge on any atom is 0.257 e. The zero-order chi connectivity index (χ0) is 17.4. The molecule has 0 spiro atoms. The van der Waals surface area contributed by atoms with E-state index in [2.05, 4.69) is 20.8 Å². The number of hydrogen-bond donors (Lipinski definition) is 4. The molecule has 2 aromatic rings. The van der Waals surface area contributed by atoms with Gasteiger partial charge in [-0.1, -0.05) is 28.4 Å². The largest absolute Gasteiger partial charge is 0.409 e. The number of benzene rings is 1. The number of carbonyl (C=O) groups excluding carboxylic acids is 2. The lowest BCUT2D eigenvalue weighted by molar-refractivity contribution is -0.120. The van der Waals surface area contributed by atoms with Crippen molar-refractivity contribution in [2.24, 2.45) is 5.16 Å². The number of hydrogen-bond acceptors (Lipinski definition) is 4. The molecule has 2 amide bonds. The second-order valence-corrected chi connectivity index (χ2v) is 6.25. The second kappa shape index (κ2) is 6.33. The fourth-order valence-electron chi connectivity index (χ4n) is 2.83. The molecule has 0 aliphatic carbocycles. The molecule has 126 valence electrons. The lowest BCUT2D eigenvalue weighted by Crippen LogP contribution is -2.28. The molecule has 7 nitrogen and oxygen atoms in total. The lowest BCUT2D eigenvalue weighted by atomic mass is 10.0. The molecule has 9 heteroatoms. The molecular formula is C15H14Cl2N4O3. The predicted molar refractivity (Wildman–Crippen MR) is 91.1 cm³/mol. The molecule has 0 saturated heterocycles. The van der Waals surface area contributed by atoms with Crippen LogP contribution in [0.2, 0.25) is 10.0 Å².